The molecule has 2 rings (SSSR count). The lowest BCUT2D eigenvalue weighted by molar-refractivity contribution is 0.751. The third-order valence-corrected chi connectivity index (χ3v) is 4.05. The predicted octanol–water partition coefficient (Wildman–Crippen LogP) is 2.66. The van der Waals surface area contributed by atoms with Crippen molar-refractivity contribution in [1.82, 2.24) is 15.3 Å². The molecule has 4 nitrogen and oxygen atoms in total. The largest absolute Gasteiger partial charge is 0.354 e. The van der Waals surface area contributed by atoms with Gasteiger partial charge in [-0.3, -0.25) is 0 Å². The summed E-state index contributed by atoms with van der Waals surface area (Å²) in [6, 6.07) is 6.13. The summed E-state index contributed by atoms with van der Waals surface area (Å²) in [5.74, 6) is 1.76. The van der Waals surface area contributed by atoms with Gasteiger partial charge in [0.2, 0.25) is 0 Å². The number of hydrogen-bond acceptors (Lipinski definition) is 5. The number of hydrogen-bond donors (Lipinski definition) is 1. The lowest BCUT2D eigenvalue weighted by Gasteiger charge is -2.17. The van der Waals surface area contributed by atoms with Crippen LogP contribution in [0.4, 0.5) is 5.82 Å². The molecule has 0 atom stereocenters. The standard InChI is InChI=1S/C12H15BrN4S/c1-14-7-11-15-6-5-12(16-11)17(2)8-9-3-4-10(13)18-9/h3-6,14H,7-8H2,1-2H3. The molecule has 0 saturated carbocycles. The maximum Gasteiger partial charge on any atom is 0.144 e. The van der Waals surface area contributed by atoms with Gasteiger partial charge in [0.05, 0.1) is 16.9 Å². The second-order valence-electron chi connectivity index (χ2n) is 3.92. The minimum absolute atomic E-state index is 0.687. The van der Waals surface area contributed by atoms with Gasteiger partial charge < -0.3 is 10.2 Å². The van der Waals surface area contributed by atoms with Crippen LogP contribution in [0.2, 0.25) is 0 Å². The molecule has 0 aliphatic carbocycles. The van der Waals surface area contributed by atoms with Crippen molar-refractivity contribution in [2.24, 2.45) is 0 Å². The summed E-state index contributed by atoms with van der Waals surface area (Å²) in [5, 5.41) is 3.06. The fourth-order valence-corrected chi connectivity index (χ4v) is 3.13. The summed E-state index contributed by atoms with van der Waals surface area (Å²) in [5.41, 5.74) is 0. The van der Waals surface area contributed by atoms with Crippen molar-refractivity contribution < 1.29 is 0 Å². The van der Waals surface area contributed by atoms with Gasteiger partial charge in [-0.2, -0.15) is 0 Å². The van der Waals surface area contributed by atoms with E-state index in [2.05, 4.69) is 48.2 Å². The van der Waals surface area contributed by atoms with E-state index in [1.165, 1.54) is 4.88 Å². The van der Waals surface area contributed by atoms with Gasteiger partial charge in [0.1, 0.15) is 11.6 Å². The molecule has 18 heavy (non-hydrogen) atoms. The van der Waals surface area contributed by atoms with E-state index in [9.17, 15) is 0 Å². The molecule has 2 aromatic rings. The van der Waals surface area contributed by atoms with E-state index >= 15 is 0 Å². The highest BCUT2D eigenvalue weighted by molar-refractivity contribution is 9.11. The van der Waals surface area contributed by atoms with E-state index in [0.717, 1.165) is 22.0 Å². The van der Waals surface area contributed by atoms with Crippen molar-refractivity contribution in [3.63, 3.8) is 0 Å². The van der Waals surface area contributed by atoms with Crippen LogP contribution in [0.15, 0.2) is 28.2 Å². The second kappa shape index (κ2) is 6.26. The molecule has 96 valence electrons. The Balaban J connectivity index is 2.08. The maximum atomic E-state index is 4.51. The van der Waals surface area contributed by atoms with Crippen LogP contribution in [0.25, 0.3) is 0 Å². The van der Waals surface area contributed by atoms with E-state index in [-0.39, 0.29) is 0 Å². The number of aromatic nitrogens is 2. The second-order valence-corrected chi connectivity index (χ2v) is 6.47. The van der Waals surface area contributed by atoms with Gasteiger partial charge in [0.25, 0.3) is 0 Å². The number of nitrogens with zero attached hydrogens (tertiary/aromatic N) is 3. The molecule has 0 spiro atoms. The Morgan fingerprint density at radius 1 is 1.39 bits per heavy atom. The molecule has 0 unspecified atom stereocenters. The zero-order valence-corrected chi connectivity index (χ0v) is 12.8. The van der Waals surface area contributed by atoms with Crippen molar-refractivity contribution in [2.75, 3.05) is 19.0 Å². The van der Waals surface area contributed by atoms with E-state index in [4.69, 9.17) is 0 Å². The molecule has 2 heterocycles. The number of thiophene rings is 1. The average molecular weight is 327 g/mol. The van der Waals surface area contributed by atoms with Gasteiger partial charge in [-0.05, 0) is 41.2 Å². The highest BCUT2D eigenvalue weighted by Gasteiger charge is 2.06. The molecular formula is C12H15BrN4S. The fourth-order valence-electron chi connectivity index (χ4n) is 1.60. The van der Waals surface area contributed by atoms with Crippen LogP contribution in [-0.2, 0) is 13.1 Å². The van der Waals surface area contributed by atoms with Crippen LogP contribution in [0.3, 0.4) is 0 Å². The molecule has 0 aliphatic heterocycles. The topological polar surface area (TPSA) is 41.1 Å². The third kappa shape index (κ3) is 3.51. The Morgan fingerprint density at radius 3 is 2.89 bits per heavy atom. The maximum absolute atomic E-state index is 4.51. The molecule has 0 bridgehead atoms. The van der Waals surface area contributed by atoms with Crippen LogP contribution >= 0.6 is 27.3 Å². The van der Waals surface area contributed by atoms with Crippen molar-refractivity contribution in [3.05, 3.63) is 38.9 Å². The Morgan fingerprint density at radius 2 is 2.22 bits per heavy atom. The molecule has 0 radical (unpaired) electrons. The van der Waals surface area contributed by atoms with Crippen LogP contribution in [-0.4, -0.2) is 24.1 Å². The van der Waals surface area contributed by atoms with Crippen molar-refractivity contribution >= 4 is 33.1 Å². The summed E-state index contributed by atoms with van der Waals surface area (Å²) in [7, 11) is 3.93. The quantitative estimate of drug-likeness (QED) is 0.917. The summed E-state index contributed by atoms with van der Waals surface area (Å²) < 4.78 is 1.16. The molecule has 0 saturated heterocycles. The third-order valence-electron chi connectivity index (χ3n) is 2.44. The van der Waals surface area contributed by atoms with Crippen molar-refractivity contribution in [2.45, 2.75) is 13.1 Å². The summed E-state index contributed by atoms with van der Waals surface area (Å²) in [6.45, 7) is 1.54. The number of halogens is 1. The minimum atomic E-state index is 0.687. The fraction of sp³-hybridized carbons (Fsp3) is 0.333. The van der Waals surface area contributed by atoms with Crippen LogP contribution in [0.1, 0.15) is 10.7 Å². The molecular weight excluding hydrogens is 312 g/mol. The van der Waals surface area contributed by atoms with E-state index in [1.807, 2.05) is 20.2 Å². The van der Waals surface area contributed by atoms with Gasteiger partial charge in [-0.1, -0.05) is 0 Å². The smallest absolute Gasteiger partial charge is 0.144 e. The van der Waals surface area contributed by atoms with Crippen LogP contribution in [0.5, 0.6) is 0 Å². The molecule has 6 heteroatoms. The molecule has 1 N–H and O–H groups in total. The molecule has 0 amide bonds. The highest BCUT2D eigenvalue weighted by atomic mass is 79.9. The van der Waals surface area contributed by atoms with Gasteiger partial charge in [0.15, 0.2) is 0 Å². The van der Waals surface area contributed by atoms with Gasteiger partial charge in [0, 0.05) is 18.1 Å². The first-order chi connectivity index (χ1) is 8.69. The molecule has 0 aromatic carbocycles. The van der Waals surface area contributed by atoms with E-state index in [0.29, 0.717) is 6.54 Å². The van der Waals surface area contributed by atoms with Crippen molar-refractivity contribution in [3.8, 4) is 0 Å². The summed E-state index contributed by atoms with van der Waals surface area (Å²) >= 11 is 5.22. The Hall–Kier alpha value is -0.980. The lowest BCUT2D eigenvalue weighted by atomic mass is 10.4. The van der Waals surface area contributed by atoms with Gasteiger partial charge in [-0.25, -0.2) is 9.97 Å². The molecule has 0 fully saturated rings. The van der Waals surface area contributed by atoms with Crippen molar-refractivity contribution in [1.29, 1.82) is 0 Å². The van der Waals surface area contributed by atoms with Gasteiger partial charge in [-0.15, -0.1) is 11.3 Å². The molecule has 2 aromatic heterocycles. The van der Waals surface area contributed by atoms with Gasteiger partial charge >= 0.3 is 0 Å². The first kappa shape index (κ1) is 13.5. The minimum Gasteiger partial charge on any atom is -0.354 e. The average Bonchev–Trinajstić information content (AvgIpc) is 2.75. The van der Waals surface area contributed by atoms with E-state index < -0.39 is 0 Å². The normalized spacial score (nSPS) is 10.6. The van der Waals surface area contributed by atoms with E-state index in [1.54, 1.807) is 17.5 Å². The Bertz CT molecular complexity index is 514. The first-order valence-corrected chi connectivity index (χ1v) is 7.22. The number of anilines is 1. The number of rotatable bonds is 5. The lowest BCUT2D eigenvalue weighted by Crippen LogP contribution is -2.18. The molecule has 0 aliphatic rings. The monoisotopic (exact) mass is 326 g/mol. The highest BCUT2D eigenvalue weighted by Crippen LogP contribution is 2.24. The Kier molecular flexibility index (Phi) is 4.68. The SMILES string of the molecule is CNCc1nccc(N(C)Cc2ccc(Br)s2)n1. The van der Waals surface area contributed by atoms with Crippen LogP contribution in [0, 0.1) is 0 Å². The summed E-state index contributed by atoms with van der Waals surface area (Å²) in [6.07, 6.45) is 1.80. The first-order valence-electron chi connectivity index (χ1n) is 5.61. The van der Waals surface area contributed by atoms with Crippen LogP contribution < -0.4 is 10.2 Å². The Labute approximate surface area is 119 Å². The zero-order valence-electron chi connectivity index (χ0n) is 10.4. The number of nitrogens with one attached hydrogen (secondary N) is 1. The predicted molar refractivity (Wildman–Crippen MR) is 78.9 cm³/mol. The zero-order chi connectivity index (χ0) is 13.0. The summed E-state index contributed by atoms with van der Waals surface area (Å²) in [4.78, 5) is 12.2.